The molecule has 9 nitrogen and oxygen atoms in total. The van der Waals surface area contributed by atoms with Crippen LogP contribution in [0.25, 0.3) is 5.95 Å². The molecule has 3 rings (SSSR count). The lowest BCUT2D eigenvalue weighted by Gasteiger charge is -2.16. The minimum atomic E-state index is -4.98. The molecule has 0 aliphatic heterocycles. The number of benzene rings is 1. The topological polar surface area (TPSA) is 104 Å². The van der Waals surface area contributed by atoms with Gasteiger partial charge in [0.1, 0.15) is 12.4 Å². The van der Waals surface area contributed by atoms with Gasteiger partial charge in [0.25, 0.3) is 18.3 Å². The summed E-state index contributed by atoms with van der Waals surface area (Å²) in [5.41, 5.74) is -2.03. The summed E-state index contributed by atoms with van der Waals surface area (Å²) in [6.07, 6.45) is -10.4. The van der Waals surface area contributed by atoms with Gasteiger partial charge in [-0.1, -0.05) is 0 Å². The molecular weight excluding hydrogens is 604 g/mol. The molecule has 1 aromatic carbocycles. The number of hydrogen-bond acceptors (Lipinski definition) is 7. The second-order valence-electron chi connectivity index (χ2n) is 7.41. The number of rotatable bonds is 9. The van der Waals surface area contributed by atoms with E-state index in [-0.39, 0.29) is 22.3 Å². The monoisotopic (exact) mass is 618 g/mol. The van der Waals surface area contributed by atoms with Crippen molar-refractivity contribution >= 4 is 21.8 Å². The Bertz CT molecular complexity index is 1270. The van der Waals surface area contributed by atoms with E-state index in [1.807, 2.05) is 0 Å². The zero-order chi connectivity index (χ0) is 28.3. The fraction of sp³-hybridized carbons (Fsp3) is 0.350. The van der Waals surface area contributed by atoms with Gasteiger partial charge in [0.15, 0.2) is 18.2 Å². The molecule has 38 heavy (non-hydrogen) atoms. The Kier molecular flexibility index (Phi) is 8.73. The summed E-state index contributed by atoms with van der Waals surface area (Å²) in [5.74, 6) is -2.10. The molecule has 0 saturated heterocycles. The predicted octanol–water partition coefficient (Wildman–Crippen LogP) is 4.91. The van der Waals surface area contributed by atoms with Crippen LogP contribution in [0.5, 0.6) is 11.5 Å². The lowest BCUT2D eigenvalue weighted by atomic mass is 10.1. The number of alkyl halides is 8. The van der Waals surface area contributed by atoms with Crippen molar-refractivity contribution in [1.82, 2.24) is 30.0 Å². The number of amides is 1. The molecule has 0 fully saturated rings. The molecule has 1 atom stereocenters. The SMILES string of the molecule is CC(NC(=O)c1cc(OCC(F)(F)F)cc(C(F)(F)F)c1)c1nc(Br)nn1-c1ncc(OCC(F)F)cn1. The molecule has 1 N–H and O–H groups in total. The highest BCUT2D eigenvalue weighted by molar-refractivity contribution is 9.10. The van der Waals surface area contributed by atoms with Gasteiger partial charge in [-0.15, -0.1) is 5.10 Å². The van der Waals surface area contributed by atoms with E-state index in [9.17, 15) is 39.9 Å². The molecule has 3 aromatic rings. The molecule has 206 valence electrons. The van der Waals surface area contributed by atoms with Crippen molar-refractivity contribution in [2.45, 2.75) is 31.7 Å². The van der Waals surface area contributed by atoms with Crippen LogP contribution >= 0.6 is 15.9 Å². The lowest BCUT2D eigenvalue weighted by Crippen LogP contribution is -2.29. The van der Waals surface area contributed by atoms with Crippen LogP contribution in [0.15, 0.2) is 35.3 Å². The Hall–Kier alpha value is -3.57. The number of nitrogens with zero attached hydrogens (tertiary/aromatic N) is 5. The van der Waals surface area contributed by atoms with E-state index in [0.717, 1.165) is 23.1 Å². The third kappa shape index (κ3) is 7.96. The highest BCUT2D eigenvalue weighted by atomic mass is 79.9. The number of carbonyl (C=O) groups is 1. The van der Waals surface area contributed by atoms with Crippen LogP contribution in [-0.2, 0) is 6.18 Å². The maximum atomic E-state index is 13.3. The summed E-state index contributed by atoms with van der Waals surface area (Å²) >= 11 is 3.04. The fourth-order valence-corrected chi connectivity index (χ4v) is 3.21. The van der Waals surface area contributed by atoms with Gasteiger partial charge in [0.05, 0.1) is 24.0 Å². The summed E-state index contributed by atoms with van der Waals surface area (Å²) in [7, 11) is 0. The Morgan fingerprint density at radius 3 is 2.29 bits per heavy atom. The van der Waals surface area contributed by atoms with Crippen molar-refractivity contribution in [2.75, 3.05) is 13.2 Å². The van der Waals surface area contributed by atoms with Crippen molar-refractivity contribution in [3.8, 4) is 17.4 Å². The maximum absolute atomic E-state index is 13.3. The first-order chi connectivity index (χ1) is 17.6. The van der Waals surface area contributed by atoms with Crippen molar-refractivity contribution in [2.24, 2.45) is 0 Å². The normalized spacial score (nSPS) is 12.9. The molecule has 0 aliphatic carbocycles. The summed E-state index contributed by atoms with van der Waals surface area (Å²) < 4.78 is 112. The van der Waals surface area contributed by atoms with Gasteiger partial charge in [-0.2, -0.15) is 31.0 Å². The Balaban J connectivity index is 1.83. The van der Waals surface area contributed by atoms with Crippen molar-refractivity contribution in [3.05, 3.63) is 52.3 Å². The Labute approximate surface area is 216 Å². The molecular formula is C20H15BrF8N6O3. The smallest absolute Gasteiger partial charge is 0.422 e. The molecule has 1 amide bonds. The number of hydrogen-bond donors (Lipinski definition) is 1. The van der Waals surface area contributed by atoms with E-state index < -0.39 is 60.8 Å². The average Bonchev–Trinajstić information content (AvgIpc) is 3.22. The predicted molar refractivity (Wildman–Crippen MR) is 115 cm³/mol. The minimum Gasteiger partial charge on any atom is -0.484 e. The summed E-state index contributed by atoms with van der Waals surface area (Å²) in [4.78, 5) is 24.7. The van der Waals surface area contributed by atoms with Crippen LogP contribution in [0.2, 0.25) is 0 Å². The van der Waals surface area contributed by atoms with Gasteiger partial charge in [-0.3, -0.25) is 4.79 Å². The molecule has 0 radical (unpaired) electrons. The van der Waals surface area contributed by atoms with E-state index in [2.05, 4.69) is 46.0 Å². The average molecular weight is 619 g/mol. The Morgan fingerprint density at radius 2 is 1.71 bits per heavy atom. The van der Waals surface area contributed by atoms with E-state index in [4.69, 9.17) is 4.74 Å². The van der Waals surface area contributed by atoms with Crippen molar-refractivity contribution < 1.29 is 49.4 Å². The number of ether oxygens (including phenoxy) is 2. The van der Waals surface area contributed by atoms with Gasteiger partial charge in [0.2, 0.25) is 4.73 Å². The standard InChI is InChI=1S/C20H15BrF8N6O3/c1-9(15-33-17(21)34-35(15)18-30-5-13(6-31-18)37-7-14(22)23)32-16(36)10-2-11(20(27,28)29)4-12(3-10)38-8-19(24,25)26/h2-6,9,14H,7-8H2,1H3,(H,32,36). The molecule has 0 spiro atoms. The minimum absolute atomic E-state index is 0.00741. The highest BCUT2D eigenvalue weighted by Crippen LogP contribution is 2.33. The van der Waals surface area contributed by atoms with Crippen LogP contribution in [0.3, 0.4) is 0 Å². The second kappa shape index (κ2) is 11.4. The maximum Gasteiger partial charge on any atom is 0.422 e. The lowest BCUT2D eigenvalue weighted by molar-refractivity contribution is -0.153. The van der Waals surface area contributed by atoms with E-state index in [1.54, 1.807) is 0 Å². The third-order valence-electron chi connectivity index (χ3n) is 4.42. The first-order valence-corrected chi connectivity index (χ1v) is 11.0. The van der Waals surface area contributed by atoms with Crippen LogP contribution < -0.4 is 14.8 Å². The molecule has 18 heteroatoms. The summed E-state index contributed by atoms with van der Waals surface area (Å²) in [6.45, 7) is -1.36. The molecule has 0 bridgehead atoms. The van der Waals surface area contributed by atoms with Crippen LogP contribution in [-0.4, -0.2) is 56.5 Å². The summed E-state index contributed by atoms with van der Waals surface area (Å²) in [5, 5.41) is 6.37. The summed E-state index contributed by atoms with van der Waals surface area (Å²) in [6, 6.07) is 0.467. The van der Waals surface area contributed by atoms with E-state index in [0.29, 0.717) is 12.1 Å². The van der Waals surface area contributed by atoms with Crippen LogP contribution in [0.1, 0.15) is 34.7 Å². The quantitative estimate of drug-likeness (QED) is 0.340. The van der Waals surface area contributed by atoms with Gasteiger partial charge in [0, 0.05) is 5.56 Å². The number of halogens is 9. The number of nitrogens with one attached hydrogen (secondary N) is 1. The largest absolute Gasteiger partial charge is 0.484 e. The molecule has 2 aromatic heterocycles. The number of aromatic nitrogens is 5. The first kappa shape index (κ1) is 29.0. The van der Waals surface area contributed by atoms with Crippen molar-refractivity contribution in [3.63, 3.8) is 0 Å². The molecule has 0 aliphatic rings. The Morgan fingerprint density at radius 1 is 1.05 bits per heavy atom. The van der Waals surface area contributed by atoms with E-state index in [1.165, 1.54) is 6.92 Å². The highest BCUT2D eigenvalue weighted by Gasteiger charge is 2.34. The third-order valence-corrected chi connectivity index (χ3v) is 4.76. The van der Waals surface area contributed by atoms with Crippen LogP contribution in [0, 0.1) is 0 Å². The van der Waals surface area contributed by atoms with Crippen LogP contribution in [0.4, 0.5) is 35.1 Å². The first-order valence-electron chi connectivity index (χ1n) is 10.2. The zero-order valence-electron chi connectivity index (χ0n) is 18.8. The molecule has 1 unspecified atom stereocenters. The van der Waals surface area contributed by atoms with Gasteiger partial charge in [-0.05, 0) is 41.1 Å². The van der Waals surface area contributed by atoms with Gasteiger partial charge in [-0.25, -0.2) is 23.7 Å². The molecule has 2 heterocycles. The van der Waals surface area contributed by atoms with E-state index >= 15 is 0 Å². The second-order valence-corrected chi connectivity index (χ2v) is 8.12. The molecule has 0 saturated carbocycles. The number of carbonyl (C=O) groups excluding carboxylic acids is 1. The fourth-order valence-electron chi connectivity index (χ4n) is 2.86. The van der Waals surface area contributed by atoms with Crippen molar-refractivity contribution in [1.29, 1.82) is 0 Å². The zero-order valence-corrected chi connectivity index (χ0v) is 20.4. The van der Waals surface area contributed by atoms with Gasteiger partial charge >= 0.3 is 12.4 Å². The van der Waals surface area contributed by atoms with Gasteiger partial charge < -0.3 is 14.8 Å².